The van der Waals surface area contributed by atoms with Crippen LogP contribution in [0.2, 0.25) is 0 Å². The molecule has 0 atom stereocenters. The lowest BCUT2D eigenvalue weighted by Gasteiger charge is -2.10. The van der Waals surface area contributed by atoms with Gasteiger partial charge in [0.25, 0.3) is 0 Å². The molecule has 2 rings (SSSR count). The summed E-state index contributed by atoms with van der Waals surface area (Å²) in [5.41, 5.74) is 6.02. The average Bonchev–Trinajstić information content (AvgIpc) is 2.45. The van der Waals surface area contributed by atoms with E-state index in [4.69, 9.17) is 10.5 Å². The molecule has 0 aliphatic rings. The first-order chi connectivity index (χ1) is 9.63. The third kappa shape index (κ3) is 2.82. The van der Waals surface area contributed by atoms with Crippen molar-refractivity contribution in [1.29, 1.82) is 0 Å². The van der Waals surface area contributed by atoms with Crippen molar-refractivity contribution in [1.82, 2.24) is 9.97 Å². The molecule has 0 amide bonds. The van der Waals surface area contributed by atoms with Crippen LogP contribution in [0.15, 0.2) is 30.5 Å². The molecule has 0 saturated carbocycles. The Bertz CT molecular complexity index is 631. The van der Waals surface area contributed by atoms with Gasteiger partial charge in [-0.3, -0.25) is 10.1 Å². The standard InChI is InChI=1S/C13H14N4O3/c1-2-7-20-11-6-4-3-5-9(11)12-10(17(18)19)8-15-13(14)16-12/h3-6,8H,2,7H2,1H3,(H2,14,15,16). The van der Waals surface area contributed by atoms with Crippen molar-refractivity contribution in [3.63, 3.8) is 0 Å². The van der Waals surface area contributed by atoms with Gasteiger partial charge in [-0.2, -0.15) is 0 Å². The van der Waals surface area contributed by atoms with Crippen molar-refractivity contribution in [2.45, 2.75) is 13.3 Å². The first-order valence-electron chi connectivity index (χ1n) is 6.12. The van der Waals surface area contributed by atoms with E-state index in [1.807, 2.05) is 6.92 Å². The van der Waals surface area contributed by atoms with Gasteiger partial charge in [-0.25, -0.2) is 9.97 Å². The van der Waals surface area contributed by atoms with E-state index >= 15 is 0 Å². The zero-order chi connectivity index (χ0) is 14.5. The van der Waals surface area contributed by atoms with Crippen LogP contribution in [-0.4, -0.2) is 21.5 Å². The topological polar surface area (TPSA) is 104 Å². The van der Waals surface area contributed by atoms with E-state index in [1.54, 1.807) is 24.3 Å². The lowest BCUT2D eigenvalue weighted by molar-refractivity contribution is -0.384. The molecule has 2 aromatic rings. The summed E-state index contributed by atoms with van der Waals surface area (Å²) < 4.78 is 5.59. The Kier molecular flexibility index (Phi) is 4.09. The van der Waals surface area contributed by atoms with Gasteiger partial charge in [-0.1, -0.05) is 19.1 Å². The molecule has 7 nitrogen and oxygen atoms in total. The van der Waals surface area contributed by atoms with Crippen LogP contribution in [0.3, 0.4) is 0 Å². The van der Waals surface area contributed by atoms with E-state index in [2.05, 4.69) is 9.97 Å². The van der Waals surface area contributed by atoms with Crippen LogP contribution in [0.25, 0.3) is 11.3 Å². The Morgan fingerprint density at radius 2 is 2.15 bits per heavy atom. The molecule has 1 heterocycles. The number of ether oxygens (including phenoxy) is 1. The van der Waals surface area contributed by atoms with E-state index in [0.29, 0.717) is 17.9 Å². The molecule has 0 bridgehead atoms. The van der Waals surface area contributed by atoms with Crippen molar-refractivity contribution in [3.05, 3.63) is 40.6 Å². The predicted octanol–water partition coefficient (Wildman–Crippen LogP) is 2.42. The van der Waals surface area contributed by atoms with Crippen LogP contribution < -0.4 is 10.5 Å². The number of hydrogen-bond acceptors (Lipinski definition) is 6. The summed E-state index contributed by atoms with van der Waals surface area (Å²) in [4.78, 5) is 18.2. The van der Waals surface area contributed by atoms with Gasteiger partial charge in [0, 0.05) is 5.56 Å². The van der Waals surface area contributed by atoms with Crippen molar-refractivity contribution < 1.29 is 9.66 Å². The molecule has 2 N–H and O–H groups in total. The van der Waals surface area contributed by atoms with Crippen LogP contribution in [-0.2, 0) is 0 Å². The van der Waals surface area contributed by atoms with Crippen LogP contribution in [0.5, 0.6) is 5.75 Å². The van der Waals surface area contributed by atoms with Gasteiger partial charge in [0.2, 0.25) is 5.95 Å². The highest BCUT2D eigenvalue weighted by molar-refractivity contribution is 5.75. The highest BCUT2D eigenvalue weighted by Crippen LogP contribution is 2.34. The van der Waals surface area contributed by atoms with Gasteiger partial charge in [0.1, 0.15) is 11.9 Å². The summed E-state index contributed by atoms with van der Waals surface area (Å²) in [5, 5.41) is 11.1. The zero-order valence-corrected chi connectivity index (χ0v) is 10.9. The number of nitrogens with two attached hydrogens (primary N) is 1. The third-order valence-corrected chi connectivity index (χ3v) is 2.59. The molecule has 7 heteroatoms. The van der Waals surface area contributed by atoms with Crippen LogP contribution in [0.1, 0.15) is 13.3 Å². The Morgan fingerprint density at radius 1 is 1.40 bits per heavy atom. The maximum absolute atomic E-state index is 11.1. The monoisotopic (exact) mass is 274 g/mol. The molecule has 0 saturated heterocycles. The lowest BCUT2D eigenvalue weighted by Crippen LogP contribution is -2.03. The Balaban J connectivity index is 2.56. The summed E-state index contributed by atoms with van der Waals surface area (Å²) in [6, 6.07) is 7.01. The van der Waals surface area contributed by atoms with E-state index in [1.165, 1.54) is 0 Å². The fourth-order valence-corrected chi connectivity index (χ4v) is 1.72. The summed E-state index contributed by atoms with van der Waals surface area (Å²) in [7, 11) is 0. The highest BCUT2D eigenvalue weighted by atomic mass is 16.6. The SMILES string of the molecule is CCCOc1ccccc1-c1nc(N)ncc1[N+](=O)[O-]. The van der Waals surface area contributed by atoms with E-state index in [-0.39, 0.29) is 17.3 Å². The first kappa shape index (κ1) is 13.7. The minimum Gasteiger partial charge on any atom is -0.493 e. The fourth-order valence-electron chi connectivity index (χ4n) is 1.72. The highest BCUT2D eigenvalue weighted by Gasteiger charge is 2.21. The number of aromatic nitrogens is 2. The Morgan fingerprint density at radius 3 is 2.85 bits per heavy atom. The maximum Gasteiger partial charge on any atom is 0.313 e. The molecule has 0 fully saturated rings. The predicted molar refractivity (Wildman–Crippen MR) is 74.3 cm³/mol. The van der Waals surface area contributed by atoms with Crippen molar-refractivity contribution in [2.75, 3.05) is 12.3 Å². The minimum atomic E-state index is -0.536. The number of anilines is 1. The van der Waals surface area contributed by atoms with Crippen molar-refractivity contribution >= 4 is 11.6 Å². The molecule has 0 aliphatic carbocycles. The smallest absolute Gasteiger partial charge is 0.313 e. The molecule has 1 aromatic carbocycles. The van der Waals surface area contributed by atoms with E-state index < -0.39 is 4.92 Å². The van der Waals surface area contributed by atoms with Gasteiger partial charge in [0.05, 0.1) is 11.5 Å². The summed E-state index contributed by atoms with van der Waals surface area (Å²) in [5.74, 6) is 0.520. The zero-order valence-electron chi connectivity index (χ0n) is 10.9. The quantitative estimate of drug-likeness (QED) is 0.663. The van der Waals surface area contributed by atoms with Crippen LogP contribution >= 0.6 is 0 Å². The second-order valence-corrected chi connectivity index (χ2v) is 4.06. The second kappa shape index (κ2) is 5.96. The molecule has 0 unspecified atom stereocenters. The number of para-hydroxylation sites is 1. The van der Waals surface area contributed by atoms with Crippen LogP contribution in [0, 0.1) is 10.1 Å². The molecule has 0 radical (unpaired) electrons. The lowest BCUT2D eigenvalue weighted by atomic mass is 10.1. The molecular weight excluding hydrogens is 260 g/mol. The fraction of sp³-hybridized carbons (Fsp3) is 0.231. The van der Waals surface area contributed by atoms with E-state index in [9.17, 15) is 10.1 Å². The Labute approximate surface area is 115 Å². The maximum atomic E-state index is 11.1. The molecule has 1 aromatic heterocycles. The Hall–Kier alpha value is -2.70. The minimum absolute atomic E-state index is 0.0177. The van der Waals surface area contributed by atoms with Crippen LogP contribution in [0.4, 0.5) is 11.6 Å². The molecule has 104 valence electrons. The number of rotatable bonds is 5. The summed E-state index contributed by atoms with van der Waals surface area (Å²) in [6.07, 6.45) is 1.94. The van der Waals surface area contributed by atoms with Gasteiger partial charge in [-0.15, -0.1) is 0 Å². The van der Waals surface area contributed by atoms with Crippen molar-refractivity contribution in [3.8, 4) is 17.0 Å². The number of benzene rings is 1. The molecule has 0 aliphatic heterocycles. The summed E-state index contributed by atoms with van der Waals surface area (Å²) >= 11 is 0. The van der Waals surface area contributed by atoms with Gasteiger partial charge < -0.3 is 10.5 Å². The summed E-state index contributed by atoms with van der Waals surface area (Å²) in [6.45, 7) is 2.50. The number of nitrogen functional groups attached to an aromatic ring is 1. The average molecular weight is 274 g/mol. The van der Waals surface area contributed by atoms with Gasteiger partial charge in [0.15, 0.2) is 5.69 Å². The molecule has 0 spiro atoms. The number of nitrogens with zero attached hydrogens (tertiary/aromatic N) is 3. The second-order valence-electron chi connectivity index (χ2n) is 4.06. The third-order valence-electron chi connectivity index (χ3n) is 2.59. The first-order valence-corrected chi connectivity index (χ1v) is 6.12. The normalized spacial score (nSPS) is 10.2. The van der Waals surface area contributed by atoms with Gasteiger partial charge >= 0.3 is 5.69 Å². The number of hydrogen-bond donors (Lipinski definition) is 1. The van der Waals surface area contributed by atoms with Gasteiger partial charge in [-0.05, 0) is 18.6 Å². The van der Waals surface area contributed by atoms with E-state index in [0.717, 1.165) is 12.6 Å². The largest absolute Gasteiger partial charge is 0.493 e. The molecular formula is C13H14N4O3. The number of nitro groups is 1. The molecule has 20 heavy (non-hydrogen) atoms. The van der Waals surface area contributed by atoms with Crippen molar-refractivity contribution in [2.24, 2.45) is 0 Å².